The number of phenols is 1. The Hall–Kier alpha value is -2.75. The molecule has 2 aromatic carbocycles. The van der Waals surface area contributed by atoms with E-state index in [4.69, 9.17) is 9.47 Å². The van der Waals surface area contributed by atoms with E-state index in [1.807, 2.05) is 30.3 Å². The molecule has 2 rings (SSSR count). The molecule has 0 aliphatic heterocycles. The summed E-state index contributed by atoms with van der Waals surface area (Å²) >= 11 is 0. The quantitative estimate of drug-likeness (QED) is 0.654. The predicted octanol–water partition coefficient (Wildman–Crippen LogP) is 3.55. The Morgan fingerprint density at radius 3 is 2.64 bits per heavy atom. The largest absolute Gasteiger partial charge is 0.507 e. The van der Waals surface area contributed by atoms with Gasteiger partial charge < -0.3 is 14.6 Å². The third-order valence-electron chi connectivity index (χ3n) is 2.94. The molecule has 0 heterocycles. The number of phenolic OH excluding ortho intramolecular Hbond substituents is 1. The maximum atomic E-state index is 11.2. The van der Waals surface area contributed by atoms with Gasteiger partial charge in [0.2, 0.25) is 0 Å². The van der Waals surface area contributed by atoms with E-state index in [0.717, 1.165) is 5.56 Å². The summed E-state index contributed by atoms with van der Waals surface area (Å²) in [5.74, 6) is 0.173. The molecule has 0 fully saturated rings. The molecule has 0 saturated heterocycles. The van der Waals surface area contributed by atoms with Crippen molar-refractivity contribution in [3.8, 4) is 11.5 Å². The Balaban J connectivity index is 1.98. The molecular weight excluding hydrogens is 280 g/mol. The van der Waals surface area contributed by atoms with Gasteiger partial charge in [0.25, 0.3) is 0 Å². The lowest BCUT2D eigenvalue weighted by atomic mass is 10.1. The van der Waals surface area contributed by atoms with Gasteiger partial charge in [0.1, 0.15) is 18.1 Å². The van der Waals surface area contributed by atoms with Crippen molar-refractivity contribution in [3.05, 3.63) is 65.7 Å². The van der Waals surface area contributed by atoms with Gasteiger partial charge in [-0.2, -0.15) is 0 Å². The van der Waals surface area contributed by atoms with Crippen molar-refractivity contribution in [2.24, 2.45) is 0 Å². The molecule has 0 aromatic heterocycles. The summed E-state index contributed by atoms with van der Waals surface area (Å²) in [4.78, 5) is 11.2. The van der Waals surface area contributed by atoms with Gasteiger partial charge in [-0.05, 0) is 30.7 Å². The van der Waals surface area contributed by atoms with Crippen LogP contribution in [-0.2, 0) is 16.1 Å². The molecule has 0 atom stereocenters. The highest BCUT2D eigenvalue weighted by molar-refractivity contribution is 5.87. The van der Waals surface area contributed by atoms with E-state index in [1.165, 1.54) is 18.2 Å². The van der Waals surface area contributed by atoms with E-state index in [2.05, 4.69) is 0 Å². The summed E-state index contributed by atoms with van der Waals surface area (Å²) in [7, 11) is 0. The Morgan fingerprint density at radius 1 is 1.18 bits per heavy atom. The molecule has 0 spiro atoms. The molecule has 0 aliphatic carbocycles. The number of hydrogen-bond donors (Lipinski definition) is 1. The number of carbonyl (C=O) groups excluding carboxylic acids is 1. The molecule has 4 heteroatoms. The molecule has 114 valence electrons. The Kier molecular flexibility index (Phi) is 5.60. The first-order valence-electron chi connectivity index (χ1n) is 7.03. The fraction of sp³-hybridized carbons (Fsp3) is 0.167. The van der Waals surface area contributed by atoms with Crippen molar-refractivity contribution in [2.45, 2.75) is 13.5 Å². The van der Waals surface area contributed by atoms with Gasteiger partial charge in [-0.15, -0.1) is 0 Å². The van der Waals surface area contributed by atoms with Crippen LogP contribution in [0.2, 0.25) is 0 Å². The maximum absolute atomic E-state index is 11.2. The summed E-state index contributed by atoms with van der Waals surface area (Å²) in [6, 6.07) is 14.7. The number of esters is 1. The zero-order valence-corrected chi connectivity index (χ0v) is 12.4. The van der Waals surface area contributed by atoms with E-state index in [0.29, 0.717) is 24.5 Å². The fourth-order valence-corrected chi connectivity index (χ4v) is 1.84. The lowest BCUT2D eigenvalue weighted by Crippen LogP contribution is -1.98. The first kappa shape index (κ1) is 15.6. The third-order valence-corrected chi connectivity index (χ3v) is 2.94. The first-order chi connectivity index (χ1) is 10.7. The molecule has 0 amide bonds. The summed E-state index contributed by atoms with van der Waals surface area (Å²) in [6.45, 7) is 2.49. The van der Waals surface area contributed by atoms with Crippen LogP contribution in [0, 0.1) is 0 Å². The van der Waals surface area contributed by atoms with E-state index in [-0.39, 0.29) is 5.75 Å². The van der Waals surface area contributed by atoms with Crippen molar-refractivity contribution >= 4 is 12.0 Å². The highest BCUT2D eigenvalue weighted by Crippen LogP contribution is 2.25. The minimum Gasteiger partial charge on any atom is -0.507 e. The van der Waals surface area contributed by atoms with Crippen LogP contribution in [0.4, 0.5) is 0 Å². The summed E-state index contributed by atoms with van der Waals surface area (Å²) in [6.07, 6.45) is 2.79. The second-order valence-electron chi connectivity index (χ2n) is 4.58. The number of benzene rings is 2. The fourth-order valence-electron chi connectivity index (χ4n) is 1.84. The maximum Gasteiger partial charge on any atom is 0.330 e. The SMILES string of the molecule is CCOC(=O)/C=C/c1ccc(OCc2ccccc2)cc1O. The van der Waals surface area contributed by atoms with Crippen molar-refractivity contribution in [1.29, 1.82) is 0 Å². The van der Waals surface area contributed by atoms with Crippen molar-refractivity contribution in [3.63, 3.8) is 0 Å². The van der Waals surface area contributed by atoms with Crippen LogP contribution < -0.4 is 4.74 Å². The topological polar surface area (TPSA) is 55.8 Å². The molecule has 2 aromatic rings. The summed E-state index contributed by atoms with van der Waals surface area (Å²) < 4.78 is 10.4. The highest BCUT2D eigenvalue weighted by atomic mass is 16.5. The van der Waals surface area contributed by atoms with Gasteiger partial charge >= 0.3 is 5.97 Å². The van der Waals surface area contributed by atoms with Crippen LogP contribution in [0.3, 0.4) is 0 Å². The molecule has 0 unspecified atom stereocenters. The van der Waals surface area contributed by atoms with E-state index < -0.39 is 5.97 Å². The Bertz CT molecular complexity index is 647. The van der Waals surface area contributed by atoms with Gasteiger partial charge in [0.05, 0.1) is 6.61 Å². The van der Waals surface area contributed by atoms with Gasteiger partial charge in [-0.1, -0.05) is 30.3 Å². The molecule has 0 aliphatic rings. The smallest absolute Gasteiger partial charge is 0.330 e. The number of ether oxygens (including phenoxy) is 2. The highest BCUT2D eigenvalue weighted by Gasteiger charge is 2.03. The molecule has 0 saturated carbocycles. The second kappa shape index (κ2) is 7.88. The lowest BCUT2D eigenvalue weighted by molar-refractivity contribution is -0.137. The molecular formula is C18H18O4. The third kappa shape index (κ3) is 4.66. The number of aromatic hydroxyl groups is 1. The zero-order valence-electron chi connectivity index (χ0n) is 12.4. The number of hydrogen-bond acceptors (Lipinski definition) is 4. The van der Waals surface area contributed by atoms with Crippen LogP contribution in [0.1, 0.15) is 18.1 Å². The summed E-state index contributed by atoms with van der Waals surface area (Å²) in [5, 5.41) is 9.95. The minimum atomic E-state index is -0.439. The second-order valence-corrected chi connectivity index (χ2v) is 4.58. The average Bonchev–Trinajstić information content (AvgIpc) is 2.53. The zero-order chi connectivity index (χ0) is 15.8. The average molecular weight is 298 g/mol. The first-order valence-corrected chi connectivity index (χ1v) is 7.03. The van der Waals surface area contributed by atoms with Gasteiger partial charge in [0.15, 0.2) is 0 Å². The Labute approximate surface area is 129 Å². The van der Waals surface area contributed by atoms with Gasteiger partial charge in [-0.3, -0.25) is 0 Å². The summed E-state index contributed by atoms with van der Waals surface area (Å²) in [5.41, 5.74) is 1.58. The van der Waals surface area contributed by atoms with Crippen LogP contribution in [0.25, 0.3) is 6.08 Å². The van der Waals surface area contributed by atoms with Crippen LogP contribution in [0.15, 0.2) is 54.6 Å². The normalized spacial score (nSPS) is 10.6. The molecule has 22 heavy (non-hydrogen) atoms. The molecule has 0 bridgehead atoms. The van der Waals surface area contributed by atoms with Crippen LogP contribution in [0.5, 0.6) is 11.5 Å². The predicted molar refractivity (Wildman–Crippen MR) is 84.5 cm³/mol. The lowest BCUT2D eigenvalue weighted by Gasteiger charge is -2.08. The minimum absolute atomic E-state index is 0.0473. The molecule has 0 radical (unpaired) electrons. The molecule has 1 N–H and O–H groups in total. The number of carbonyl (C=O) groups is 1. The van der Waals surface area contributed by atoms with Gasteiger partial charge in [-0.25, -0.2) is 4.79 Å². The van der Waals surface area contributed by atoms with E-state index in [9.17, 15) is 9.90 Å². The molecule has 4 nitrogen and oxygen atoms in total. The number of rotatable bonds is 6. The van der Waals surface area contributed by atoms with Crippen molar-refractivity contribution in [1.82, 2.24) is 0 Å². The van der Waals surface area contributed by atoms with Crippen molar-refractivity contribution < 1.29 is 19.4 Å². The standard InChI is InChI=1S/C18H18O4/c1-2-21-18(20)11-9-15-8-10-16(12-17(15)19)22-13-14-6-4-3-5-7-14/h3-12,19H,2,13H2,1H3/b11-9+. The van der Waals surface area contributed by atoms with E-state index in [1.54, 1.807) is 19.1 Å². The Morgan fingerprint density at radius 2 is 1.95 bits per heavy atom. The van der Waals surface area contributed by atoms with Crippen molar-refractivity contribution in [2.75, 3.05) is 6.61 Å². The van der Waals surface area contributed by atoms with Crippen LogP contribution >= 0.6 is 0 Å². The monoisotopic (exact) mass is 298 g/mol. The van der Waals surface area contributed by atoms with E-state index >= 15 is 0 Å². The van der Waals surface area contributed by atoms with Gasteiger partial charge in [0, 0.05) is 17.7 Å². The van der Waals surface area contributed by atoms with Crippen LogP contribution in [-0.4, -0.2) is 17.7 Å².